The van der Waals surface area contributed by atoms with E-state index in [9.17, 15) is 9.90 Å². The third kappa shape index (κ3) is 2.84. The van der Waals surface area contributed by atoms with E-state index in [1.807, 2.05) is 6.07 Å². The van der Waals surface area contributed by atoms with Crippen LogP contribution in [0.2, 0.25) is 0 Å². The van der Waals surface area contributed by atoms with Gasteiger partial charge >= 0.3 is 0 Å². The topological polar surface area (TPSA) is 49.8 Å². The molecule has 4 aliphatic rings. The first-order valence-corrected chi connectivity index (χ1v) is 10.7. The van der Waals surface area contributed by atoms with E-state index in [4.69, 9.17) is 4.74 Å². The molecule has 1 saturated heterocycles. The minimum atomic E-state index is -0.0633. The van der Waals surface area contributed by atoms with Gasteiger partial charge in [-0.05, 0) is 67.1 Å². The number of rotatable bonds is 2. The number of aryl methyl sites for hydroxylation is 1. The van der Waals surface area contributed by atoms with Gasteiger partial charge in [0.1, 0.15) is 11.5 Å². The molecule has 0 unspecified atom stereocenters. The van der Waals surface area contributed by atoms with Crippen LogP contribution in [0.1, 0.15) is 61.6 Å². The van der Waals surface area contributed by atoms with Crippen molar-refractivity contribution in [3.63, 3.8) is 0 Å². The fourth-order valence-electron chi connectivity index (χ4n) is 6.55. The van der Waals surface area contributed by atoms with Gasteiger partial charge < -0.3 is 9.84 Å². The maximum atomic E-state index is 12.5. The largest absolute Gasteiger partial charge is 0.508 e. The normalized spacial score (nSPS) is 36.2. The van der Waals surface area contributed by atoms with Crippen LogP contribution in [0.25, 0.3) is 0 Å². The quantitative estimate of drug-likeness (QED) is 0.865. The molecule has 27 heavy (non-hydrogen) atoms. The lowest BCUT2D eigenvalue weighted by molar-refractivity contribution is -0.129. The number of fused-ring (bicyclic) bond motifs is 5. The zero-order valence-corrected chi connectivity index (χ0v) is 16.4. The summed E-state index contributed by atoms with van der Waals surface area (Å²) in [5, 5.41) is 10.6. The lowest BCUT2D eigenvalue weighted by Crippen LogP contribution is -2.42. The van der Waals surface area contributed by atoms with Gasteiger partial charge in [0.2, 0.25) is 0 Å². The number of carbonyl (C=O) groups excluding carboxylic acids is 1. The van der Waals surface area contributed by atoms with Crippen LogP contribution < -0.4 is 0 Å². The molecule has 4 heteroatoms. The number of phenols is 1. The first kappa shape index (κ1) is 17.7. The Morgan fingerprint density at radius 2 is 2.00 bits per heavy atom. The predicted octanol–water partition coefficient (Wildman–Crippen LogP) is 3.65. The van der Waals surface area contributed by atoms with Crippen LogP contribution in [0, 0.1) is 17.3 Å². The number of phenolic OH excluding ortho intramolecular Hbond substituents is 1. The van der Waals surface area contributed by atoms with E-state index in [1.54, 1.807) is 0 Å². The molecule has 1 N–H and O–H groups in total. The van der Waals surface area contributed by atoms with E-state index in [1.165, 1.54) is 17.5 Å². The summed E-state index contributed by atoms with van der Waals surface area (Å²) in [7, 11) is 0. The highest BCUT2D eigenvalue weighted by atomic mass is 16.5. The summed E-state index contributed by atoms with van der Waals surface area (Å²) in [5.74, 6) is 2.74. The number of hydrogen-bond donors (Lipinski definition) is 1. The van der Waals surface area contributed by atoms with Gasteiger partial charge in [-0.2, -0.15) is 0 Å². The minimum absolute atomic E-state index is 0.0633. The zero-order valence-electron chi connectivity index (χ0n) is 16.4. The van der Waals surface area contributed by atoms with E-state index in [0.717, 1.165) is 70.5 Å². The molecule has 4 nitrogen and oxygen atoms in total. The van der Waals surface area contributed by atoms with Crippen molar-refractivity contribution in [1.29, 1.82) is 0 Å². The standard InChI is InChI=1S/C23H31NO3/c1-23-7-6-17-18(20(23)4-5-22(23)26)3-2-15-13-21(25)16(12-19(15)17)14-24-8-10-27-11-9-24/h12-13,17-18,20,25H,2-11,14H2,1H3/t17-,18-,20-,23-/m0/s1. The number of aromatic hydroxyl groups is 1. The highest BCUT2D eigenvalue weighted by Gasteiger charge is 2.54. The Balaban J connectivity index is 1.44. The van der Waals surface area contributed by atoms with Crippen molar-refractivity contribution in [3.05, 3.63) is 28.8 Å². The first-order chi connectivity index (χ1) is 13.1. The SMILES string of the molecule is C[C@]12CC[C@@H]3c4cc(CN5CCOCC5)c(O)cc4CC[C@@H]3[C@@H]1CCC2=O. The molecule has 0 radical (unpaired) electrons. The fraction of sp³-hybridized carbons (Fsp3) is 0.696. The number of morpholine rings is 1. The Kier molecular flexibility index (Phi) is 4.32. The molecule has 146 valence electrons. The van der Waals surface area contributed by atoms with Crippen molar-refractivity contribution in [2.75, 3.05) is 26.3 Å². The van der Waals surface area contributed by atoms with E-state index >= 15 is 0 Å². The van der Waals surface area contributed by atoms with Crippen molar-refractivity contribution >= 4 is 5.78 Å². The van der Waals surface area contributed by atoms with Crippen LogP contribution >= 0.6 is 0 Å². The molecule has 1 aliphatic heterocycles. The van der Waals surface area contributed by atoms with Crippen LogP contribution in [-0.2, 0) is 22.5 Å². The van der Waals surface area contributed by atoms with Crippen molar-refractivity contribution in [1.82, 2.24) is 4.90 Å². The van der Waals surface area contributed by atoms with E-state index < -0.39 is 0 Å². The predicted molar refractivity (Wildman–Crippen MR) is 104 cm³/mol. The molecule has 2 saturated carbocycles. The van der Waals surface area contributed by atoms with E-state index in [-0.39, 0.29) is 5.41 Å². The Bertz CT molecular complexity index is 754. The van der Waals surface area contributed by atoms with Crippen LogP contribution in [-0.4, -0.2) is 42.1 Å². The summed E-state index contributed by atoms with van der Waals surface area (Å²) in [4.78, 5) is 14.9. The highest BCUT2D eigenvalue weighted by Crippen LogP contribution is 2.59. The van der Waals surface area contributed by atoms with Crippen molar-refractivity contribution in [3.8, 4) is 5.75 Å². The van der Waals surface area contributed by atoms with Gasteiger partial charge in [-0.15, -0.1) is 0 Å². The molecule has 0 bridgehead atoms. The summed E-state index contributed by atoms with van der Waals surface area (Å²) >= 11 is 0. The van der Waals surface area contributed by atoms with Gasteiger partial charge in [0.05, 0.1) is 13.2 Å². The maximum absolute atomic E-state index is 12.5. The van der Waals surface area contributed by atoms with Gasteiger partial charge in [0.25, 0.3) is 0 Å². The molecule has 3 fully saturated rings. The Morgan fingerprint density at radius 3 is 2.81 bits per heavy atom. The molecule has 1 heterocycles. The second-order valence-corrected chi connectivity index (χ2v) is 9.40. The molecule has 1 aromatic rings. The van der Waals surface area contributed by atoms with Crippen molar-refractivity contribution in [2.45, 2.75) is 57.9 Å². The Labute approximate surface area is 161 Å². The lowest BCUT2D eigenvalue weighted by atomic mass is 9.55. The number of ether oxygens (including phenoxy) is 1. The average molecular weight is 370 g/mol. The Morgan fingerprint density at radius 1 is 1.19 bits per heavy atom. The molecule has 4 atom stereocenters. The van der Waals surface area contributed by atoms with E-state index in [0.29, 0.717) is 29.3 Å². The van der Waals surface area contributed by atoms with Gasteiger partial charge in [0, 0.05) is 37.0 Å². The molecule has 0 aromatic heterocycles. The molecule has 5 rings (SSSR count). The number of hydrogen-bond acceptors (Lipinski definition) is 4. The van der Waals surface area contributed by atoms with Crippen LogP contribution in [0.3, 0.4) is 0 Å². The number of Topliss-reactive ketones (excluding diaryl/α,β-unsaturated/α-hetero) is 1. The van der Waals surface area contributed by atoms with Crippen LogP contribution in [0.4, 0.5) is 0 Å². The van der Waals surface area contributed by atoms with Crippen LogP contribution in [0.15, 0.2) is 12.1 Å². The second kappa shape index (κ2) is 6.59. The molecule has 0 spiro atoms. The summed E-state index contributed by atoms with van der Waals surface area (Å²) in [5.41, 5.74) is 3.81. The number of benzene rings is 1. The van der Waals surface area contributed by atoms with Gasteiger partial charge in [-0.3, -0.25) is 9.69 Å². The van der Waals surface area contributed by atoms with Crippen LogP contribution in [0.5, 0.6) is 5.75 Å². The first-order valence-electron chi connectivity index (χ1n) is 10.7. The van der Waals surface area contributed by atoms with Gasteiger partial charge in [-0.25, -0.2) is 0 Å². The van der Waals surface area contributed by atoms with Crippen molar-refractivity contribution < 1.29 is 14.6 Å². The van der Waals surface area contributed by atoms with Crippen molar-refractivity contribution in [2.24, 2.45) is 17.3 Å². The lowest BCUT2D eigenvalue weighted by Gasteiger charge is -2.48. The molecular formula is C23H31NO3. The second-order valence-electron chi connectivity index (χ2n) is 9.40. The third-order valence-corrected chi connectivity index (χ3v) is 8.13. The fourth-order valence-corrected chi connectivity index (χ4v) is 6.55. The number of ketones is 1. The average Bonchev–Trinajstić information content (AvgIpc) is 2.98. The Hall–Kier alpha value is -1.39. The highest BCUT2D eigenvalue weighted by molar-refractivity contribution is 5.87. The molecular weight excluding hydrogens is 338 g/mol. The van der Waals surface area contributed by atoms with E-state index in [2.05, 4.69) is 17.9 Å². The van der Waals surface area contributed by atoms with Gasteiger partial charge in [0.15, 0.2) is 0 Å². The zero-order chi connectivity index (χ0) is 18.6. The number of nitrogens with zero attached hydrogens (tertiary/aromatic N) is 1. The molecule has 1 aromatic carbocycles. The minimum Gasteiger partial charge on any atom is -0.508 e. The smallest absolute Gasteiger partial charge is 0.139 e. The summed E-state index contributed by atoms with van der Waals surface area (Å²) in [6, 6.07) is 4.34. The molecule has 3 aliphatic carbocycles. The molecule has 0 amide bonds. The third-order valence-electron chi connectivity index (χ3n) is 8.13. The maximum Gasteiger partial charge on any atom is 0.139 e. The summed E-state index contributed by atoms with van der Waals surface area (Å²) < 4.78 is 5.46. The van der Waals surface area contributed by atoms with Gasteiger partial charge in [-0.1, -0.05) is 13.0 Å². The number of carbonyl (C=O) groups is 1. The monoisotopic (exact) mass is 369 g/mol. The summed E-state index contributed by atoms with van der Waals surface area (Å²) in [6.45, 7) is 6.48. The summed E-state index contributed by atoms with van der Waals surface area (Å²) in [6.07, 6.45) is 6.25.